The normalized spacial score (nSPS) is 28.5. The van der Waals surface area contributed by atoms with Crippen molar-refractivity contribution in [2.75, 3.05) is 32.8 Å². The zero-order valence-electron chi connectivity index (χ0n) is 14.9. The van der Waals surface area contributed by atoms with Gasteiger partial charge in [0.2, 0.25) is 0 Å². The number of halogens is 3. The average molecular weight is 426 g/mol. The molecule has 1 aromatic carbocycles. The number of nitrogens with zero attached hydrogens (tertiary/aromatic N) is 2. The van der Waals surface area contributed by atoms with E-state index < -0.39 is 23.5 Å². The molecule has 1 saturated heterocycles. The molecule has 0 saturated carbocycles. The van der Waals surface area contributed by atoms with Gasteiger partial charge in [-0.05, 0) is 24.1 Å². The zero-order valence-corrected chi connectivity index (χ0v) is 16.5. The molecule has 1 amide bonds. The van der Waals surface area contributed by atoms with Crippen LogP contribution in [0.2, 0.25) is 5.02 Å². The van der Waals surface area contributed by atoms with Gasteiger partial charge in [0.05, 0.1) is 35.5 Å². The van der Waals surface area contributed by atoms with Crippen LogP contribution in [0.3, 0.4) is 0 Å². The van der Waals surface area contributed by atoms with Gasteiger partial charge >= 0.3 is 0 Å². The zero-order chi connectivity index (χ0) is 19.8. The van der Waals surface area contributed by atoms with Crippen LogP contribution in [0.15, 0.2) is 22.6 Å². The quantitative estimate of drug-likeness (QED) is 0.789. The number of morpholine rings is 1. The summed E-state index contributed by atoms with van der Waals surface area (Å²) >= 11 is 7.09. The number of carbonyl (C=O) groups is 1. The molecule has 3 unspecified atom stereocenters. The second-order valence-electron chi connectivity index (χ2n) is 6.93. The van der Waals surface area contributed by atoms with Crippen LogP contribution in [-0.2, 0) is 9.53 Å². The lowest BCUT2D eigenvalue weighted by Gasteiger charge is -2.34. The Kier molecular flexibility index (Phi) is 5.61. The Morgan fingerprint density at radius 1 is 1.29 bits per heavy atom. The maximum absolute atomic E-state index is 14.7. The lowest BCUT2D eigenvalue weighted by Crippen LogP contribution is -2.44. The first-order valence-electron chi connectivity index (χ1n) is 9.06. The standard InChI is InChI=1S/C19H18ClF2N3O2S/c20-10-7-13(21)16(14(22)8-10)11-1-2-24-18(26)17-15(11)12(9-23)19(28-17)25-3-5-27-6-4-25/h7-8,11-12,19H,1-6H2,(H,24,26). The Balaban J connectivity index is 1.78. The van der Waals surface area contributed by atoms with E-state index in [-0.39, 0.29) is 28.4 Å². The highest BCUT2D eigenvalue weighted by atomic mass is 35.5. The molecule has 1 fully saturated rings. The van der Waals surface area contributed by atoms with Gasteiger partial charge in [-0.25, -0.2) is 8.78 Å². The molecular formula is C19H18ClF2N3O2S. The van der Waals surface area contributed by atoms with E-state index in [0.717, 1.165) is 12.1 Å². The molecule has 28 heavy (non-hydrogen) atoms. The number of nitriles is 1. The van der Waals surface area contributed by atoms with Crippen molar-refractivity contribution in [2.24, 2.45) is 5.92 Å². The van der Waals surface area contributed by atoms with Crippen molar-refractivity contribution in [3.05, 3.63) is 44.8 Å². The van der Waals surface area contributed by atoms with E-state index in [1.807, 2.05) is 0 Å². The van der Waals surface area contributed by atoms with Crippen molar-refractivity contribution < 1.29 is 18.3 Å². The number of amides is 1. The van der Waals surface area contributed by atoms with E-state index in [2.05, 4.69) is 16.3 Å². The second-order valence-corrected chi connectivity index (χ2v) is 8.49. The van der Waals surface area contributed by atoms with Crippen molar-refractivity contribution in [3.63, 3.8) is 0 Å². The van der Waals surface area contributed by atoms with Crippen LogP contribution in [0, 0.1) is 28.9 Å². The summed E-state index contributed by atoms with van der Waals surface area (Å²) in [7, 11) is 0. The van der Waals surface area contributed by atoms with Gasteiger partial charge in [0.15, 0.2) is 0 Å². The lowest BCUT2D eigenvalue weighted by atomic mass is 9.81. The minimum Gasteiger partial charge on any atom is -0.379 e. The summed E-state index contributed by atoms with van der Waals surface area (Å²) in [6.45, 7) is 2.67. The molecule has 3 heterocycles. The maximum Gasteiger partial charge on any atom is 0.257 e. The van der Waals surface area contributed by atoms with Crippen LogP contribution in [0.25, 0.3) is 0 Å². The third-order valence-electron chi connectivity index (χ3n) is 5.36. The molecule has 3 aliphatic rings. The molecule has 1 N–H and O–H groups in total. The van der Waals surface area contributed by atoms with Crippen molar-refractivity contribution in [1.82, 2.24) is 10.2 Å². The number of thioether (sulfide) groups is 1. The van der Waals surface area contributed by atoms with Crippen molar-refractivity contribution >= 4 is 29.3 Å². The van der Waals surface area contributed by atoms with Crippen molar-refractivity contribution in [3.8, 4) is 6.07 Å². The fraction of sp³-hybridized carbons (Fsp3) is 0.474. The minimum atomic E-state index is -0.757. The smallest absolute Gasteiger partial charge is 0.257 e. The van der Waals surface area contributed by atoms with Crippen molar-refractivity contribution in [1.29, 1.82) is 5.26 Å². The topological polar surface area (TPSA) is 65.4 Å². The fourth-order valence-corrected chi connectivity index (χ4v) is 5.83. The first kappa shape index (κ1) is 19.6. The molecule has 3 atom stereocenters. The predicted octanol–water partition coefficient (Wildman–Crippen LogP) is 3.02. The molecule has 5 nitrogen and oxygen atoms in total. The first-order chi connectivity index (χ1) is 13.5. The number of carbonyl (C=O) groups excluding carboxylic acids is 1. The molecule has 4 rings (SSSR count). The second kappa shape index (κ2) is 7.99. The average Bonchev–Trinajstić information content (AvgIpc) is 2.98. The van der Waals surface area contributed by atoms with E-state index in [0.29, 0.717) is 43.2 Å². The van der Waals surface area contributed by atoms with E-state index in [9.17, 15) is 18.8 Å². The number of nitrogens with one attached hydrogen (secondary N) is 1. The van der Waals surface area contributed by atoms with E-state index in [1.54, 1.807) is 0 Å². The highest BCUT2D eigenvalue weighted by Gasteiger charge is 2.46. The predicted molar refractivity (Wildman–Crippen MR) is 102 cm³/mol. The number of benzene rings is 1. The number of ether oxygens (including phenoxy) is 1. The van der Waals surface area contributed by atoms with Gasteiger partial charge in [0.25, 0.3) is 5.91 Å². The van der Waals surface area contributed by atoms with Gasteiger partial charge in [-0.15, -0.1) is 0 Å². The number of hydrogen-bond acceptors (Lipinski definition) is 5. The van der Waals surface area contributed by atoms with E-state index in [1.165, 1.54) is 11.8 Å². The Morgan fingerprint density at radius 2 is 1.96 bits per heavy atom. The molecule has 0 radical (unpaired) electrons. The molecule has 148 valence electrons. The summed E-state index contributed by atoms with van der Waals surface area (Å²) in [4.78, 5) is 15.1. The van der Waals surface area contributed by atoms with Gasteiger partial charge < -0.3 is 10.1 Å². The largest absolute Gasteiger partial charge is 0.379 e. The number of hydrogen-bond donors (Lipinski definition) is 1. The summed E-state index contributed by atoms with van der Waals surface area (Å²) in [5.41, 5.74) is 0.385. The van der Waals surface area contributed by atoms with E-state index in [4.69, 9.17) is 16.3 Å². The molecule has 0 aliphatic carbocycles. The van der Waals surface area contributed by atoms with Gasteiger partial charge in [-0.1, -0.05) is 23.4 Å². The maximum atomic E-state index is 14.7. The summed E-state index contributed by atoms with van der Waals surface area (Å²) in [5, 5.41) is 12.4. The van der Waals surface area contributed by atoms with Crippen LogP contribution < -0.4 is 5.32 Å². The molecule has 3 aliphatic heterocycles. The third-order valence-corrected chi connectivity index (χ3v) is 7.04. The van der Waals surface area contributed by atoms with Crippen LogP contribution in [0.4, 0.5) is 8.78 Å². The molecule has 0 bridgehead atoms. The molecule has 9 heteroatoms. The first-order valence-corrected chi connectivity index (χ1v) is 10.3. The minimum absolute atomic E-state index is 0.0281. The summed E-state index contributed by atoms with van der Waals surface area (Å²) in [6.07, 6.45) is 0.314. The Bertz CT molecular complexity index is 859. The van der Waals surface area contributed by atoms with E-state index >= 15 is 0 Å². The monoisotopic (exact) mass is 425 g/mol. The van der Waals surface area contributed by atoms with Crippen LogP contribution in [-0.4, -0.2) is 49.0 Å². The fourth-order valence-electron chi connectivity index (χ4n) is 4.11. The van der Waals surface area contributed by atoms with Gasteiger partial charge in [-0.3, -0.25) is 9.69 Å². The van der Waals surface area contributed by atoms with Gasteiger partial charge in [-0.2, -0.15) is 5.26 Å². The lowest BCUT2D eigenvalue weighted by molar-refractivity contribution is -0.116. The Labute approximate surface area is 170 Å². The van der Waals surface area contributed by atoms with Gasteiger partial charge in [0, 0.05) is 36.1 Å². The highest BCUT2D eigenvalue weighted by molar-refractivity contribution is 8.04. The van der Waals surface area contributed by atoms with Gasteiger partial charge in [0.1, 0.15) is 11.6 Å². The summed E-state index contributed by atoms with van der Waals surface area (Å²) in [6, 6.07) is 4.44. The van der Waals surface area contributed by atoms with Crippen LogP contribution in [0.1, 0.15) is 17.9 Å². The molecule has 1 aromatic rings. The highest BCUT2D eigenvalue weighted by Crippen LogP contribution is 2.51. The Hall–Kier alpha value is -1.66. The molecule has 0 spiro atoms. The molecule has 0 aromatic heterocycles. The molecular weight excluding hydrogens is 408 g/mol. The Morgan fingerprint density at radius 3 is 2.61 bits per heavy atom. The van der Waals surface area contributed by atoms with Crippen LogP contribution in [0.5, 0.6) is 0 Å². The SMILES string of the molecule is N#CC1C2=C(SC1N1CCOCC1)C(=O)NCCC2c1c(F)cc(Cl)cc1F. The van der Waals surface area contributed by atoms with Crippen molar-refractivity contribution in [2.45, 2.75) is 17.7 Å². The summed E-state index contributed by atoms with van der Waals surface area (Å²) < 4.78 is 34.8. The summed E-state index contributed by atoms with van der Waals surface area (Å²) in [5.74, 6) is -3.13. The van der Waals surface area contributed by atoms with Crippen LogP contribution >= 0.6 is 23.4 Å². The third kappa shape index (κ3) is 3.41. The number of rotatable bonds is 2.